The molecular weight excluding hydrogens is 484 g/mol. The van der Waals surface area contributed by atoms with Gasteiger partial charge in [0.05, 0.1) is 30.9 Å². The Balaban J connectivity index is 1.52. The van der Waals surface area contributed by atoms with Crippen molar-refractivity contribution in [3.05, 3.63) is 82.4 Å². The van der Waals surface area contributed by atoms with Crippen LogP contribution >= 0.6 is 11.6 Å². The molecule has 3 aromatic rings. The van der Waals surface area contributed by atoms with E-state index in [1.165, 1.54) is 0 Å². The Morgan fingerprint density at radius 1 is 0.889 bits per heavy atom. The van der Waals surface area contributed by atoms with Gasteiger partial charge in [-0.15, -0.1) is 0 Å². The molecule has 0 heterocycles. The van der Waals surface area contributed by atoms with E-state index in [4.69, 9.17) is 41.3 Å². The van der Waals surface area contributed by atoms with Crippen molar-refractivity contribution in [3.63, 3.8) is 0 Å². The fourth-order valence-corrected chi connectivity index (χ4v) is 4.08. The van der Waals surface area contributed by atoms with E-state index in [1.807, 2.05) is 48.5 Å². The molecule has 0 bridgehead atoms. The van der Waals surface area contributed by atoms with Crippen LogP contribution in [0.2, 0.25) is 5.02 Å². The van der Waals surface area contributed by atoms with Gasteiger partial charge in [-0.1, -0.05) is 35.9 Å². The fourth-order valence-electron chi connectivity index (χ4n) is 3.78. The lowest BCUT2D eigenvalue weighted by molar-refractivity contribution is -0.0165. The quantitative estimate of drug-likeness (QED) is 0.360. The van der Waals surface area contributed by atoms with Crippen molar-refractivity contribution in [2.75, 3.05) is 14.2 Å². The van der Waals surface area contributed by atoms with Crippen LogP contribution in [0.3, 0.4) is 0 Å². The third-order valence-corrected chi connectivity index (χ3v) is 6.40. The number of nitrogens with two attached hydrogens (primary N) is 1. The van der Waals surface area contributed by atoms with Gasteiger partial charge < -0.3 is 29.1 Å². The van der Waals surface area contributed by atoms with Gasteiger partial charge in [0, 0.05) is 6.04 Å². The average Bonchev–Trinajstić information content (AvgIpc) is 2.89. The number of rotatable bonds is 11. The predicted octanol–water partition coefficient (Wildman–Crippen LogP) is 4.67. The summed E-state index contributed by atoms with van der Waals surface area (Å²) in [6.07, 6.45) is 1.27. The summed E-state index contributed by atoms with van der Waals surface area (Å²) >= 11 is 6.70. The maximum Gasteiger partial charge on any atom is 0.253 e. The Morgan fingerprint density at radius 2 is 1.44 bits per heavy atom. The molecule has 190 valence electrons. The summed E-state index contributed by atoms with van der Waals surface area (Å²) in [6, 6.07) is 18.4. The molecule has 0 aromatic heterocycles. The highest BCUT2D eigenvalue weighted by molar-refractivity contribution is 6.35. The van der Waals surface area contributed by atoms with Crippen LogP contribution < -0.4 is 30.2 Å². The minimum Gasteiger partial charge on any atom is -0.497 e. The van der Waals surface area contributed by atoms with E-state index >= 15 is 0 Å². The number of benzene rings is 3. The number of halogens is 1. The number of nitrogens with one attached hydrogen (secondary N) is 1. The molecule has 0 spiro atoms. The van der Waals surface area contributed by atoms with Gasteiger partial charge in [0.2, 0.25) is 0 Å². The summed E-state index contributed by atoms with van der Waals surface area (Å²) in [7, 11) is 3.23. The third kappa shape index (κ3) is 6.20. The largest absolute Gasteiger partial charge is 0.497 e. The molecular formula is C27H29ClN2O6. The molecule has 1 aliphatic rings. The number of ether oxygens (including phenoxy) is 4. The van der Waals surface area contributed by atoms with E-state index < -0.39 is 0 Å². The van der Waals surface area contributed by atoms with Crippen molar-refractivity contribution in [3.8, 4) is 23.0 Å². The van der Waals surface area contributed by atoms with Crippen LogP contribution in [0.5, 0.6) is 23.0 Å². The van der Waals surface area contributed by atoms with Crippen molar-refractivity contribution in [1.29, 1.82) is 0 Å². The summed E-state index contributed by atoms with van der Waals surface area (Å²) in [5, 5.41) is 3.14. The van der Waals surface area contributed by atoms with Gasteiger partial charge in [-0.3, -0.25) is 4.79 Å². The van der Waals surface area contributed by atoms with Crippen molar-refractivity contribution < 1.29 is 28.6 Å². The fraction of sp³-hybridized carbons (Fsp3) is 0.296. The Bertz CT molecular complexity index is 1160. The molecule has 0 atom stereocenters. The zero-order valence-electron chi connectivity index (χ0n) is 20.2. The van der Waals surface area contributed by atoms with Crippen molar-refractivity contribution in [2.45, 2.75) is 38.2 Å². The first-order valence-corrected chi connectivity index (χ1v) is 11.9. The second kappa shape index (κ2) is 12.0. The first-order chi connectivity index (χ1) is 17.5. The molecule has 3 N–H and O–H groups in total. The highest BCUT2D eigenvalue weighted by atomic mass is 35.5. The van der Waals surface area contributed by atoms with E-state index in [0.29, 0.717) is 29.9 Å². The monoisotopic (exact) mass is 512 g/mol. The molecule has 0 saturated heterocycles. The van der Waals surface area contributed by atoms with Crippen LogP contribution in [-0.4, -0.2) is 32.3 Å². The topological polar surface area (TPSA) is 101 Å². The zero-order chi connectivity index (χ0) is 25.5. The van der Waals surface area contributed by atoms with Gasteiger partial charge in [0.1, 0.15) is 24.7 Å². The molecule has 1 saturated carbocycles. The Morgan fingerprint density at radius 3 is 1.97 bits per heavy atom. The van der Waals surface area contributed by atoms with E-state index in [2.05, 4.69) is 5.32 Å². The zero-order valence-corrected chi connectivity index (χ0v) is 20.9. The molecule has 8 nitrogen and oxygen atoms in total. The summed E-state index contributed by atoms with van der Waals surface area (Å²) in [4.78, 5) is 17.7. The number of amides is 1. The van der Waals surface area contributed by atoms with Gasteiger partial charge in [0.25, 0.3) is 5.91 Å². The summed E-state index contributed by atoms with van der Waals surface area (Å²) in [6.45, 7) is 0.513. The molecule has 1 fully saturated rings. The molecule has 0 unspecified atom stereocenters. The lowest BCUT2D eigenvalue weighted by atomic mass is 9.89. The lowest BCUT2D eigenvalue weighted by Crippen LogP contribution is -2.48. The second-order valence-electron chi connectivity index (χ2n) is 8.43. The minimum atomic E-state index is -0.295. The van der Waals surface area contributed by atoms with Crippen molar-refractivity contribution in [1.82, 2.24) is 5.32 Å². The van der Waals surface area contributed by atoms with Crippen LogP contribution in [0.1, 0.15) is 34.3 Å². The van der Waals surface area contributed by atoms with Gasteiger partial charge in [-0.05, 0) is 60.4 Å². The standard InChI is InChI=1S/C27H29ClN2O6/c1-32-20-7-3-17(4-8-20)15-34-24-12-11-23(27(31)30-19-13-22(14-19)36-29)25(28)26(24)35-16-18-5-9-21(33-2)10-6-18/h3-12,19,22H,13-16,29H2,1-2H3,(H,30,31)/t19-,22-. The van der Waals surface area contributed by atoms with Crippen LogP contribution in [0.4, 0.5) is 0 Å². The van der Waals surface area contributed by atoms with Crippen molar-refractivity contribution in [2.24, 2.45) is 5.90 Å². The van der Waals surface area contributed by atoms with Crippen LogP contribution in [0.15, 0.2) is 60.7 Å². The second-order valence-corrected chi connectivity index (χ2v) is 8.81. The lowest BCUT2D eigenvalue weighted by Gasteiger charge is -2.33. The maximum absolute atomic E-state index is 12.9. The van der Waals surface area contributed by atoms with E-state index in [-0.39, 0.29) is 36.3 Å². The minimum absolute atomic E-state index is 0.0169. The Labute approximate surface area is 215 Å². The van der Waals surface area contributed by atoms with Gasteiger partial charge in [-0.2, -0.15) is 0 Å². The Hall–Kier alpha value is -3.46. The number of carbonyl (C=O) groups is 1. The summed E-state index contributed by atoms with van der Waals surface area (Å²) in [5.74, 6) is 7.14. The van der Waals surface area contributed by atoms with Crippen LogP contribution in [0.25, 0.3) is 0 Å². The molecule has 0 aliphatic heterocycles. The van der Waals surface area contributed by atoms with Gasteiger partial charge in [-0.25, -0.2) is 5.90 Å². The van der Waals surface area contributed by atoms with Gasteiger partial charge in [0.15, 0.2) is 11.5 Å². The SMILES string of the molecule is COc1ccc(COc2ccc(C(=O)N[C@H]3C[C@H](ON)C3)c(Cl)c2OCc2ccc(OC)cc2)cc1. The molecule has 9 heteroatoms. The van der Waals surface area contributed by atoms with Crippen molar-refractivity contribution >= 4 is 17.5 Å². The smallest absolute Gasteiger partial charge is 0.253 e. The first kappa shape index (κ1) is 25.6. The highest BCUT2D eigenvalue weighted by Crippen LogP contribution is 2.39. The van der Waals surface area contributed by atoms with Crippen LogP contribution in [-0.2, 0) is 18.1 Å². The predicted molar refractivity (Wildman–Crippen MR) is 136 cm³/mol. The molecule has 1 amide bonds. The van der Waals surface area contributed by atoms with Crippen LogP contribution in [0, 0.1) is 0 Å². The summed E-state index contributed by atoms with van der Waals surface area (Å²) < 4.78 is 22.6. The maximum atomic E-state index is 12.9. The molecule has 4 rings (SSSR count). The first-order valence-electron chi connectivity index (χ1n) is 11.5. The van der Waals surface area contributed by atoms with Gasteiger partial charge >= 0.3 is 0 Å². The normalized spacial score (nSPS) is 16.6. The number of hydrogen-bond donors (Lipinski definition) is 2. The molecule has 36 heavy (non-hydrogen) atoms. The number of carbonyl (C=O) groups excluding carboxylic acids is 1. The van der Waals surface area contributed by atoms with E-state index in [0.717, 1.165) is 22.6 Å². The number of hydrogen-bond acceptors (Lipinski definition) is 7. The average molecular weight is 513 g/mol. The number of methoxy groups -OCH3 is 2. The Kier molecular flexibility index (Phi) is 8.53. The summed E-state index contributed by atoms with van der Waals surface area (Å²) in [5.41, 5.74) is 2.15. The third-order valence-electron chi connectivity index (χ3n) is 6.02. The molecule has 0 radical (unpaired) electrons. The highest BCUT2D eigenvalue weighted by Gasteiger charge is 2.32. The molecule has 1 aliphatic carbocycles. The molecule has 3 aromatic carbocycles. The van der Waals surface area contributed by atoms with E-state index in [1.54, 1.807) is 26.4 Å². The van der Waals surface area contributed by atoms with E-state index in [9.17, 15) is 4.79 Å².